The van der Waals surface area contributed by atoms with Crippen LogP contribution >= 0.6 is 0 Å². The molecule has 2 rings (SSSR count). The first-order valence-electron chi connectivity index (χ1n) is 16.3. The van der Waals surface area contributed by atoms with E-state index < -0.39 is 17.6 Å². The van der Waals surface area contributed by atoms with Gasteiger partial charge in [-0.15, -0.1) is 0 Å². The fourth-order valence-electron chi connectivity index (χ4n) is 4.75. The van der Waals surface area contributed by atoms with Gasteiger partial charge in [0.05, 0.1) is 0 Å². The number of carbonyl (C=O) groups excluding carboxylic acids is 2. The number of rotatable bonds is 25. The van der Waals surface area contributed by atoms with Crippen molar-refractivity contribution in [3.05, 3.63) is 59.7 Å². The van der Waals surface area contributed by atoms with Crippen LogP contribution in [0.4, 0.5) is 0 Å². The van der Waals surface area contributed by atoms with Crippen LogP contribution in [0.3, 0.4) is 0 Å². The van der Waals surface area contributed by atoms with E-state index in [0.717, 1.165) is 8.92 Å². The second-order valence-electron chi connectivity index (χ2n) is 9.84. The molecule has 2 N–H and O–H groups in total. The zero-order chi connectivity index (χ0) is 33.7. The van der Waals surface area contributed by atoms with Crippen molar-refractivity contribution in [1.29, 1.82) is 0 Å². The first kappa shape index (κ1) is 40.8. The molecule has 0 saturated heterocycles. The van der Waals surface area contributed by atoms with Gasteiger partial charge in [0.25, 0.3) is 0 Å². The van der Waals surface area contributed by atoms with Crippen molar-refractivity contribution >= 4 is 64.6 Å². The Bertz CT molecular complexity index is 1060. The predicted molar refractivity (Wildman–Crippen MR) is 188 cm³/mol. The quantitative estimate of drug-likeness (QED) is 0.116. The van der Waals surface area contributed by atoms with Crippen molar-refractivity contribution in [3.8, 4) is 0 Å². The van der Waals surface area contributed by atoms with Gasteiger partial charge in [0.15, 0.2) is 0 Å². The van der Waals surface area contributed by atoms with E-state index in [4.69, 9.17) is 26.6 Å². The molecule has 0 fully saturated rings. The van der Waals surface area contributed by atoms with Gasteiger partial charge in [0, 0.05) is 0 Å². The molecule has 0 aliphatic carbocycles. The summed E-state index contributed by atoms with van der Waals surface area (Å²) in [4.78, 5) is 26.5. The Kier molecular flexibility index (Phi) is 20.4. The summed E-state index contributed by atoms with van der Waals surface area (Å²) >= 11 is -0.00802. The van der Waals surface area contributed by atoms with E-state index in [2.05, 4.69) is 10.6 Å². The third-order valence-corrected chi connectivity index (χ3v) is 20.1. The Labute approximate surface area is 289 Å². The topological polar surface area (TPSA) is 114 Å². The van der Waals surface area contributed by atoms with Gasteiger partial charge in [-0.1, -0.05) is 0 Å². The summed E-state index contributed by atoms with van der Waals surface area (Å²) in [6, 6.07) is 16.8. The molecule has 14 heteroatoms. The van der Waals surface area contributed by atoms with Crippen molar-refractivity contribution < 1.29 is 36.1 Å². The van der Waals surface area contributed by atoms with Gasteiger partial charge < -0.3 is 0 Å². The SMILES string of the molecule is CCO[Si](CCCNC(=O)c1ccccc1[Se][Se]c1ccccc1C(=O)NCCC[Si](OCC)(OCC)OCC)(OCC)OCC. The van der Waals surface area contributed by atoms with Crippen LogP contribution in [0.1, 0.15) is 75.1 Å². The predicted octanol–water partition coefficient (Wildman–Crippen LogP) is 3.30. The summed E-state index contributed by atoms with van der Waals surface area (Å²) in [5.74, 6) is -0.192. The van der Waals surface area contributed by atoms with Crippen LogP contribution in [-0.2, 0) is 26.6 Å². The molecule has 0 radical (unpaired) electrons. The molecular weight excluding hydrogens is 754 g/mol. The molecule has 10 nitrogen and oxygen atoms in total. The molecule has 0 bridgehead atoms. The average Bonchev–Trinajstić information content (AvgIpc) is 3.05. The summed E-state index contributed by atoms with van der Waals surface area (Å²) in [7, 11) is -5.49. The number of benzene rings is 2. The molecule has 0 unspecified atom stereocenters. The number of amides is 2. The van der Waals surface area contributed by atoms with Crippen molar-refractivity contribution in [3.63, 3.8) is 0 Å². The van der Waals surface area contributed by atoms with Crippen molar-refractivity contribution in [2.45, 2.75) is 66.5 Å². The first-order chi connectivity index (χ1) is 22.3. The Morgan fingerprint density at radius 1 is 0.543 bits per heavy atom. The van der Waals surface area contributed by atoms with E-state index in [1.54, 1.807) is 0 Å². The molecular formula is C32H52N2O8Se2Si2. The zero-order valence-corrected chi connectivity index (χ0v) is 33.6. The summed E-state index contributed by atoms with van der Waals surface area (Å²) in [5.41, 5.74) is 1.36. The fraction of sp³-hybridized carbons (Fsp3) is 0.562. The van der Waals surface area contributed by atoms with Crippen LogP contribution in [-0.4, -0.2) is 108 Å². The van der Waals surface area contributed by atoms with Gasteiger partial charge in [-0.05, 0) is 0 Å². The molecule has 0 saturated carbocycles. The van der Waals surface area contributed by atoms with Crippen LogP contribution < -0.4 is 19.6 Å². The molecule has 2 amide bonds. The monoisotopic (exact) mass is 808 g/mol. The third kappa shape index (κ3) is 13.6. The summed E-state index contributed by atoms with van der Waals surface area (Å²) in [6.45, 7) is 15.8. The van der Waals surface area contributed by atoms with E-state index in [9.17, 15) is 9.59 Å². The summed E-state index contributed by atoms with van der Waals surface area (Å²) in [5, 5.41) is 6.15. The minimum atomic E-state index is -2.75. The Morgan fingerprint density at radius 3 is 1.15 bits per heavy atom. The zero-order valence-electron chi connectivity index (χ0n) is 28.2. The van der Waals surface area contributed by atoms with Crippen LogP contribution in [0.15, 0.2) is 48.5 Å². The molecule has 2 aromatic carbocycles. The molecule has 0 spiro atoms. The van der Waals surface area contributed by atoms with Crippen LogP contribution in [0, 0.1) is 0 Å². The Balaban J connectivity index is 1.98. The van der Waals surface area contributed by atoms with Crippen LogP contribution in [0.2, 0.25) is 12.1 Å². The maximum atomic E-state index is 13.2. The van der Waals surface area contributed by atoms with E-state index in [-0.39, 0.29) is 38.1 Å². The van der Waals surface area contributed by atoms with Gasteiger partial charge in [-0.2, -0.15) is 0 Å². The van der Waals surface area contributed by atoms with Gasteiger partial charge in [-0.25, -0.2) is 0 Å². The molecule has 258 valence electrons. The van der Waals surface area contributed by atoms with E-state index in [0.29, 0.717) is 88.8 Å². The summed E-state index contributed by atoms with van der Waals surface area (Å²) in [6.07, 6.45) is 1.40. The number of hydrogen-bond donors (Lipinski definition) is 2. The molecule has 0 aliphatic rings. The third-order valence-electron chi connectivity index (χ3n) is 6.56. The van der Waals surface area contributed by atoms with Crippen molar-refractivity contribution in [2.24, 2.45) is 0 Å². The Hall–Kier alpha value is -1.39. The van der Waals surface area contributed by atoms with E-state index in [1.807, 2.05) is 90.1 Å². The molecule has 2 aromatic rings. The van der Waals surface area contributed by atoms with Crippen LogP contribution in [0.25, 0.3) is 0 Å². The molecule has 0 aliphatic heterocycles. The second-order valence-corrected chi connectivity index (χ2v) is 21.5. The van der Waals surface area contributed by atoms with Crippen molar-refractivity contribution in [2.75, 3.05) is 52.7 Å². The Morgan fingerprint density at radius 2 is 0.848 bits per heavy atom. The molecule has 0 atom stereocenters. The van der Waals surface area contributed by atoms with E-state index >= 15 is 0 Å². The molecule has 46 heavy (non-hydrogen) atoms. The molecule has 0 aromatic heterocycles. The number of carbonyl (C=O) groups is 2. The normalized spacial score (nSPS) is 11.9. The fourth-order valence-corrected chi connectivity index (χ4v) is 17.1. The van der Waals surface area contributed by atoms with Gasteiger partial charge in [-0.3, -0.25) is 0 Å². The number of nitrogens with one attached hydrogen (secondary N) is 2. The first-order valence-corrected chi connectivity index (χ1v) is 26.2. The average molecular weight is 807 g/mol. The van der Waals surface area contributed by atoms with Gasteiger partial charge >= 0.3 is 290 Å². The number of hydrogen-bond acceptors (Lipinski definition) is 8. The minimum absolute atomic E-state index is 0.00401. The van der Waals surface area contributed by atoms with Crippen molar-refractivity contribution in [1.82, 2.24) is 10.6 Å². The second kappa shape index (κ2) is 23.1. The maximum absolute atomic E-state index is 13.2. The van der Waals surface area contributed by atoms with E-state index in [1.165, 1.54) is 0 Å². The van der Waals surface area contributed by atoms with Crippen LogP contribution in [0.5, 0.6) is 0 Å². The van der Waals surface area contributed by atoms with Gasteiger partial charge in [0.1, 0.15) is 0 Å². The molecule has 0 heterocycles. The summed E-state index contributed by atoms with van der Waals surface area (Å²) < 4.78 is 37.6. The standard InChI is InChI=1S/C32H52N2O8Se2Si2/c1-7-37-45(38-8-2,39-9-3)25-17-23-33-31(35)27-19-13-15-21-29(27)43-44-30-22-16-14-20-28(30)32(36)34-24-18-26-46(40-10-4,41-11-5)42-12-6/h13-16,19-22H,7-12,17-18,23-26H2,1-6H3,(H,33,35)(H,34,36). The van der Waals surface area contributed by atoms with Gasteiger partial charge in [0.2, 0.25) is 0 Å².